The van der Waals surface area contributed by atoms with Crippen molar-refractivity contribution in [2.24, 2.45) is 5.73 Å². The van der Waals surface area contributed by atoms with Gasteiger partial charge in [0, 0.05) is 10.6 Å². The molecule has 1 rings (SSSR count). The number of ether oxygens (including phenoxy) is 1. The zero-order valence-corrected chi connectivity index (χ0v) is 10.8. The van der Waals surface area contributed by atoms with Crippen LogP contribution in [0.2, 0.25) is 5.02 Å². The second-order valence-corrected chi connectivity index (χ2v) is 4.83. The van der Waals surface area contributed by atoms with Gasteiger partial charge in [-0.15, -0.1) is 0 Å². The Kier molecular flexibility index (Phi) is 4.44. The fourth-order valence-corrected chi connectivity index (χ4v) is 1.74. The van der Waals surface area contributed by atoms with E-state index in [9.17, 15) is 0 Å². The van der Waals surface area contributed by atoms with Gasteiger partial charge in [-0.2, -0.15) is 0 Å². The second kappa shape index (κ2) is 5.41. The summed E-state index contributed by atoms with van der Waals surface area (Å²) in [6.45, 7) is 4.84. The quantitative estimate of drug-likeness (QED) is 0.835. The van der Waals surface area contributed by atoms with Crippen molar-refractivity contribution in [3.05, 3.63) is 23.2 Å². The van der Waals surface area contributed by atoms with Crippen molar-refractivity contribution in [3.63, 3.8) is 0 Å². The number of nitrogens with one attached hydrogen (secondary N) is 1. The molecular formula is C12H19ClN2O. The molecule has 1 aromatic carbocycles. The summed E-state index contributed by atoms with van der Waals surface area (Å²) >= 11 is 5.96. The maximum atomic E-state index is 5.96. The van der Waals surface area contributed by atoms with Gasteiger partial charge >= 0.3 is 0 Å². The van der Waals surface area contributed by atoms with Gasteiger partial charge in [-0.1, -0.05) is 11.6 Å². The second-order valence-electron chi connectivity index (χ2n) is 4.39. The molecule has 3 nitrogen and oxygen atoms in total. The van der Waals surface area contributed by atoms with Crippen LogP contribution in [-0.4, -0.2) is 19.2 Å². The van der Waals surface area contributed by atoms with Crippen LogP contribution < -0.4 is 15.8 Å². The first-order valence-corrected chi connectivity index (χ1v) is 5.68. The van der Waals surface area contributed by atoms with Crippen molar-refractivity contribution >= 4 is 17.3 Å². The van der Waals surface area contributed by atoms with Gasteiger partial charge in [0.2, 0.25) is 0 Å². The Morgan fingerprint density at radius 2 is 2.12 bits per heavy atom. The van der Waals surface area contributed by atoms with E-state index < -0.39 is 0 Å². The van der Waals surface area contributed by atoms with Gasteiger partial charge in [-0.3, -0.25) is 0 Å². The molecule has 0 atom stereocenters. The molecule has 0 unspecified atom stereocenters. The summed E-state index contributed by atoms with van der Waals surface area (Å²) < 4.78 is 5.27. The van der Waals surface area contributed by atoms with E-state index in [0.717, 1.165) is 17.9 Å². The van der Waals surface area contributed by atoms with Gasteiger partial charge in [0.1, 0.15) is 5.75 Å². The standard InChI is InChI=1S/C12H19ClN2O/c1-12(2,6-7-14)15-10-8-9(13)4-5-11(10)16-3/h4-5,8,15H,6-7,14H2,1-3H3. The Hall–Kier alpha value is -0.930. The molecule has 90 valence electrons. The monoisotopic (exact) mass is 242 g/mol. The predicted octanol–water partition coefficient (Wildman–Crippen LogP) is 2.89. The minimum Gasteiger partial charge on any atom is -0.495 e. The number of nitrogens with two attached hydrogens (primary N) is 1. The third kappa shape index (κ3) is 3.58. The highest BCUT2D eigenvalue weighted by molar-refractivity contribution is 6.30. The number of hydrogen-bond acceptors (Lipinski definition) is 3. The summed E-state index contributed by atoms with van der Waals surface area (Å²) in [5, 5.41) is 4.08. The predicted molar refractivity (Wildman–Crippen MR) is 69.4 cm³/mol. The van der Waals surface area contributed by atoms with Crippen LogP contribution >= 0.6 is 11.6 Å². The lowest BCUT2D eigenvalue weighted by Crippen LogP contribution is -2.33. The van der Waals surface area contributed by atoms with Gasteiger partial charge in [0.05, 0.1) is 12.8 Å². The Labute approximate surface area is 102 Å². The van der Waals surface area contributed by atoms with Crippen molar-refractivity contribution in [1.82, 2.24) is 0 Å². The third-order valence-electron chi connectivity index (χ3n) is 2.40. The zero-order valence-electron chi connectivity index (χ0n) is 10.0. The molecule has 0 aliphatic carbocycles. The van der Waals surface area contributed by atoms with E-state index in [2.05, 4.69) is 19.2 Å². The Morgan fingerprint density at radius 1 is 1.44 bits per heavy atom. The summed E-state index contributed by atoms with van der Waals surface area (Å²) in [5.41, 5.74) is 6.39. The van der Waals surface area contributed by atoms with E-state index in [1.165, 1.54) is 0 Å². The van der Waals surface area contributed by atoms with Crippen molar-refractivity contribution in [2.75, 3.05) is 19.0 Å². The molecule has 4 heteroatoms. The van der Waals surface area contributed by atoms with E-state index in [4.69, 9.17) is 22.1 Å². The minimum atomic E-state index is -0.0767. The number of benzene rings is 1. The van der Waals surface area contributed by atoms with Crippen LogP contribution in [0.5, 0.6) is 5.75 Å². The Balaban J connectivity index is 2.90. The minimum absolute atomic E-state index is 0.0767. The summed E-state index contributed by atoms with van der Waals surface area (Å²) in [7, 11) is 1.64. The van der Waals surface area contributed by atoms with Crippen LogP contribution in [0.3, 0.4) is 0 Å². The van der Waals surface area contributed by atoms with E-state index >= 15 is 0 Å². The van der Waals surface area contributed by atoms with Crippen LogP contribution in [0.25, 0.3) is 0 Å². The van der Waals surface area contributed by atoms with Gasteiger partial charge < -0.3 is 15.8 Å². The first-order valence-electron chi connectivity index (χ1n) is 5.30. The molecule has 0 amide bonds. The highest BCUT2D eigenvalue weighted by Crippen LogP contribution is 2.30. The number of halogens is 1. The van der Waals surface area contributed by atoms with Crippen molar-refractivity contribution in [1.29, 1.82) is 0 Å². The average Bonchev–Trinajstić information content (AvgIpc) is 2.17. The van der Waals surface area contributed by atoms with Gasteiger partial charge in [0.25, 0.3) is 0 Å². The average molecular weight is 243 g/mol. The lowest BCUT2D eigenvalue weighted by Gasteiger charge is -2.28. The van der Waals surface area contributed by atoms with Crippen molar-refractivity contribution < 1.29 is 4.74 Å². The lowest BCUT2D eigenvalue weighted by atomic mass is 10.0. The molecular weight excluding hydrogens is 224 g/mol. The third-order valence-corrected chi connectivity index (χ3v) is 2.64. The molecule has 0 saturated heterocycles. The number of hydrogen-bond donors (Lipinski definition) is 2. The van der Waals surface area contributed by atoms with Crippen molar-refractivity contribution in [2.45, 2.75) is 25.8 Å². The van der Waals surface area contributed by atoms with Crippen LogP contribution in [0.1, 0.15) is 20.3 Å². The van der Waals surface area contributed by atoms with E-state index in [1.54, 1.807) is 7.11 Å². The number of rotatable bonds is 5. The van der Waals surface area contributed by atoms with Gasteiger partial charge in [0.15, 0.2) is 0 Å². The molecule has 0 spiro atoms. The molecule has 3 N–H and O–H groups in total. The van der Waals surface area contributed by atoms with Gasteiger partial charge in [-0.25, -0.2) is 0 Å². The molecule has 0 heterocycles. The first-order chi connectivity index (χ1) is 7.48. The molecule has 0 bridgehead atoms. The first kappa shape index (κ1) is 13.1. The molecule has 0 fully saturated rings. The summed E-state index contributed by atoms with van der Waals surface area (Å²) in [6.07, 6.45) is 0.878. The number of methoxy groups -OCH3 is 1. The topological polar surface area (TPSA) is 47.3 Å². The molecule has 0 radical (unpaired) electrons. The summed E-state index contributed by atoms with van der Waals surface area (Å²) in [4.78, 5) is 0. The highest BCUT2D eigenvalue weighted by atomic mass is 35.5. The maximum absolute atomic E-state index is 5.96. The Morgan fingerprint density at radius 3 is 2.69 bits per heavy atom. The van der Waals surface area contributed by atoms with Crippen molar-refractivity contribution in [3.8, 4) is 5.75 Å². The molecule has 0 saturated carbocycles. The summed E-state index contributed by atoms with van der Waals surface area (Å²) in [5.74, 6) is 0.787. The fourth-order valence-electron chi connectivity index (χ4n) is 1.57. The molecule has 0 aliphatic heterocycles. The molecule has 0 aromatic heterocycles. The maximum Gasteiger partial charge on any atom is 0.142 e. The van der Waals surface area contributed by atoms with Crippen LogP contribution in [-0.2, 0) is 0 Å². The molecule has 0 aliphatic rings. The van der Waals surface area contributed by atoms with E-state index in [-0.39, 0.29) is 5.54 Å². The highest BCUT2D eigenvalue weighted by Gasteiger charge is 2.18. The SMILES string of the molecule is COc1ccc(Cl)cc1NC(C)(C)CCN. The smallest absolute Gasteiger partial charge is 0.142 e. The fraction of sp³-hybridized carbons (Fsp3) is 0.500. The number of anilines is 1. The van der Waals surface area contributed by atoms with Gasteiger partial charge in [-0.05, 0) is 45.0 Å². The van der Waals surface area contributed by atoms with E-state index in [1.807, 2.05) is 18.2 Å². The van der Waals surface area contributed by atoms with Crippen LogP contribution in [0.15, 0.2) is 18.2 Å². The lowest BCUT2D eigenvalue weighted by molar-refractivity contribution is 0.413. The van der Waals surface area contributed by atoms with Crippen LogP contribution in [0.4, 0.5) is 5.69 Å². The molecule has 16 heavy (non-hydrogen) atoms. The summed E-state index contributed by atoms with van der Waals surface area (Å²) in [6, 6.07) is 5.52. The Bertz CT molecular complexity index is 353. The van der Waals surface area contributed by atoms with E-state index in [0.29, 0.717) is 11.6 Å². The zero-order chi connectivity index (χ0) is 12.2. The largest absolute Gasteiger partial charge is 0.495 e. The normalized spacial score (nSPS) is 11.3. The van der Waals surface area contributed by atoms with Crippen LogP contribution in [0, 0.1) is 0 Å². The molecule has 1 aromatic rings.